The molecule has 0 radical (unpaired) electrons. The van der Waals surface area contributed by atoms with E-state index < -0.39 is 0 Å². The first-order valence-corrected chi connectivity index (χ1v) is 22.8. The van der Waals surface area contributed by atoms with Crippen molar-refractivity contribution in [3.63, 3.8) is 0 Å². The van der Waals surface area contributed by atoms with Crippen molar-refractivity contribution in [3.8, 4) is 11.1 Å². The average Bonchev–Trinajstić information content (AvgIpc) is 4.15. The lowest BCUT2D eigenvalue weighted by atomic mass is 9.79. The molecule has 302 valence electrons. The zero-order valence-electron chi connectivity index (χ0n) is 35.1. The van der Waals surface area contributed by atoms with E-state index in [1.807, 2.05) is 6.07 Å². The van der Waals surface area contributed by atoms with Crippen molar-refractivity contribution < 1.29 is 13.6 Å². The summed E-state index contributed by atoms with van der Waals surface area (Å²) in [6.45, 7) is 4.81. The second-order valence-electron chi connectivity index (χ2n) is 19.4. The van der Waals surface area contributed by atoms with Crippen molar-refractivity contribution in [2.24, 2.45) is 29.6 Å². The van der Waals surface area contributed by atoms with E-state index in [-0.39, 0.29) is 17.4 Å². The van der Waals surface area contributed by atoms with Crippen LogP contribution in [0.1, 0.15) is 43.4 Å². The van der Waals surface area contributed by atoms with Crippen LogP contribution in [0, 0.1) is 29.6 Å². The fourth-order valence-corrected chi connectivity index (χ4v) is 12.3. The molecule has 63 heavy (non-hydrogen) atoms. The van der Waals surface area contributed by atoms with Crippen LogP contribution in [0.3, 0.4) is 0 Å². The first kappa shape index (κ1) is 34.5. The predicted molar refractivity (Wildman–Crippen MR) is 254 cm³/mol. The third kappa shape index (κ3) is 4.71. The van der Waals surface area contributed by atoms with Gasteiger partial charge in [0.05, 0.1) is 0 Å². The summed E-state index contributed by atoms with van der Waals surface area (Å²) in [5, 5.41) is 4.69. The zero-order valence-corrected chi connectivity index (χ0v) is 35.1. The molecule has 7 aliphatic rings. The molecule has 4 heteroatoms. The van der Waals surface area contributed by atoms with Gasteiger partial charge in [-0.1, -0.05) is 135 Å². The van der Waals surface area contributed by atoms with Gasteiger partial charge in [-0.3, -0.25) is 0 Å². The molecule has 3 heterocycles. The fourth-order valence-electron chi connectivity index (χ4n) is 12.3. The molecule has 2 fully saturated rings. The Labute approximate surface area is 365 Å². The second-order valence-corrected chi connectivity index (χ2v) is 19.4. The largest absolute Gasteiger partial charge is 0.488 e. The maximum Gasteiger partial charge on any atom is 0.143 e. The highest BCUT2D eigenvalue weighted by molar-refractivity contribution is 6.11. The van der Waals surface area contributed by atoms with E-state index in [0.29, 0.717) is 23.7 Å². The lowest BCUT2D eigenvalue weighted by Gasteiger charge is -2.33. The molecule has 6 unspecified atom stereocenters. The summed E-state index contributed by atoms with van der Waals surface area (Å²) in [7, 11) is 0. The minimum Gasteiger partial charge on any atom is -0.488 e. The molecule has 6 aromatic carbocycles. The Morgan fingerprint density at radius 1 is 0.619 bits per heavy atom. The van der Waals surface area contributed by atoms with Crippen molar-refractivity contribution in [3.05, 3.63) is 203 Å². The Morgan fingerprint density at radius 2 is 1.32 bits per heavy atom. The molecule has 15 rings (SSSR count). The number of hydrogen-bond donors (Lipinski definition) is 0. The van der Waals surface area contributed by atoms with E-state index in [2.05, 4.69) is 177 Å². The Bertz CT molecular complexity index is 3540. The number of furan rings is 2. The normalized spacial score (nSPS) is 25.4. The molecule has 0 N–H and O–H groups in total. The topological polar surface area (TPSA) is 38.8 Å². The highest BCUT2D eigenvalue weighted by Gasteiger charge is 2.55. The van der Waals surface area contributed by atoms with Gasteiger partial charge in [-0.05, 0) is 95.0 Å². The SMILES string of the molecule is CC1(C)C2=C(c3c1ccc1c3oc3ccccc31)C1CC1C(N(c1ccc(C3=CC=CC4C5=C(OC34)C3CC3C=C5)cc1)c1ccc(-c3cccc4c3oc3ccccc34)cc1)=C2. The molecule has 4 nitrogen and oxygen atoms in total. The molecular formula is C59H43NO3. The number of nitrogens with zero attached hydrogens (tertiary/aromatic N) is 1. The lowest BCUT2D eigenvalue weighted by Crippen LogP contribution is -2.24. The van der Waals surface area contributed by atoms with Gasteiger partial charge in [-0.15, -0.1) is 0 Å². The summed E-state index contributed by atoms with van der Waals surface area (Å²) in [6, 6.07) is 46.4. The summed E-state index contributed by atoms with van der Waals surface area (Å²) >= 11 is 0. The van der Waals surface area contributed by atoms with Crippen molar-refractivity contribution in [2.75, 3.05) is 4.90 Å². The van der Waals surface area contributed by atoms with E-state index in [1.165, 1.54) is 67.6 Å². The smallest absolute Gasteiger partial charge is 0.143 e. The standard InChI is InChI=1S/C59H43NO3/c1-59(2)48-28-27-43-40-10-4-6-16-52(40)62-58(43)54(48)53-47-30-46(47)50(31-49(53)59)60(35-22-17-32(18-23-35)37-11-7-13-41-39-9-3-5-15-51(39)61-55(37)41)36-24-19-33(20-25-36)38-12-8-14-42-44-26-21-34-29-45(34)57(44)63-56(38)42/h3-28,31,34,42,45-47,56H,29-30H2,1-2H3. The van der Waals surface area contributed by atoms with Gasteiger partial charge in [0, 0.05) is 84.1 Å². The van der Waals surface area contributed by atoms with Crippen molar-refractivity contribution in [1.82, 2.24) is 0 Å². The van der Waals surface area contributed by atoms with Gasteiger partial charge in [0.15, 0.2) is 0 Å². The highest BCUT2D eigenvalue weighted by Crippen LogP contribution is 2.65. The third-order valence-corrected chi connectivity index (χ3v) is 15.7. The maximum absolute atomic E-state index is 6.84. The lowest BCUT2D eigenvalue weighted by molar-refractivity contribution is 0.160. The number of benzene rings is 6. The summed E-state index contributed by atoms with van der Waals surface area (Å²) in [6.07, 6.45) is 16.5. The zero-order chi connectivity index (χ0) is 41.3. The number of rotatable bonds is 5. The van der Waals surface area contributed by atoms with Gasteiger partial charge < -0.3 is 18.5 Å². The minimum absolute atomic E-state index is 0.0257. The maximum atomic E-state index is 6.84. The highest BCUT2D eigenvalue weighted by atomic mass is 16.5. The van der Waals surface area contributed by atoms with Crippen molar-refractivity contribution in [1.29, 1.82) is 0 Å². The van der Waals surface area contributed by atoms with Gasteiger partial charge in [-0.2, -0.15) is 0 Å². The summed E-state index contributed by atoms with van der Waals surface area (Å²) in [4.78, 5) is 2.54. The fraction of sp³-hybridized carbons (Fsp3) is 0.186. The molecule has 6 atom stereocenters. The number of hydrogen-bond acceptors (Lipinski definition) is 4. The van der Waals surface area contributed by atoms with Crippen LogP contribution in [0.4, 0.5) is 11.4 Å². The average molecular weight is 814 g/mol. The van der Waals surface area contributed by atoms with Gasteiger partial charge in [-0.25, -0.2) is 0 Å². The summed E-state index contributed by atoms with van der Waals surface area (Å²) in [5.41, 5.74) is 19.1. The second kappa shape index (κ2) is 12.1. The Hall–Kier alpha value is -7.04. The van der Waals surface area contributed by atoms with Crippen LogP contribution in [0.15, 0.2) is 195 Å². The van der Waals surface area contributed by atoms with Gasteiger partial charge in [0.2, 0.25) is 0 Å². The van der Waals surface area contributed by atoms with Crippen molar-refractivity contribution in [2.45, 2.75) is 38.2 Å². The van der Waals surface area contributed by atoms with E-state index in [0.717, 1.165) is 62.0 Å². The number of allylic oxidation sites excluding steroid dienone is 9. The quantitative estimate of drug-likeness (QED) is 0.173. The molecule has 8 aromatic rings. The van der Waals surface area contributed by atoms with Crippen LogP contribution in [0.5, 0.6) is 0 Å². The summed E-state index contributed by atoms with van der Waals surface area (Å²) < 4.78 is 20.1. The van der Waals surface area contributed by atoms with E-state index in [9.17, 15) is 0 Å². The van der Waals surface area contributed by atoms with E-state index in [4.69, 9.17) is 13.6 Å². The van der Waals surface area contributed by atoms with Crippen LogP contribution < -0.4 is 4.90 Å². The van der Waals surface area contributed by atoms with Crippen molar-refractivity contribution >= 4 is 66.4 Å². The van der Waals surface area contributed by atoms with Gasteiger partial charge in [0.25, 0.3) is 0 Å². The molecule has 2 saturated carbocycles. The molecule has 6 aliphatic carbocycles. The van der Waals surface area contributed by atoms with Gasteiger partial charge >= 0.3 is 0 Å². The number of anilines is 2. The first-order valence-electron chi connectivity index (χ1n) is 22.8. The molecule has 2 aromatic heterocycles. The number of ether oxygens (including phenoxy) is 1. The molecule has 0 amide bonds. The van der Waals surface area contributed by atoms with Crippen LogP contribution in [0.25, 0.3) is 66.2 Å². The van der Waals surface area contributed by atoms with Crippen LogP contribution in [-0.4, -0.2) is 6.10 Å². The van der Waals surface area contributed by atoms with Crippen LogP contribution >= 0.6 is 0 Å². The molecule has 1 aliphatic heterocycles. The Kier molecular flexibility index (Phi) is 6.64. The Balaban J connectivity index is 0.854. The predicted octanol–water partition coefficient (Wildman–Crippen LogP) is 15.0. The first-order chi connectivity index (χ1) is 31.0. The summed E-state index contributed by atoms with van der Waals surface area (Å²) in [5.74, 6) is 3.59. The van der Waals surface area contributed by atoms with Crippen LogP contribution in [-0.2, 0) is 10.2 Å². The van der Waals surface area contributed by atoms with E-state index in [1.54, 1.807) is 0 Å². The number of para-hydroxylation sites is 3. The molecule has 0 bridgehead atoms. The van der Waals surface area contributed by atoms with E-state index >= 15 is 0 Å². The Morgan fingerprint density at radius 3 is 2.10 bits per heavy atom. The monoisotopic (exact) mass is 813 g/mol. The minimum atomic E-state index is -0.178. The molecule has 0 saturated heterocycles. The number of fused-ring (bicyclic) bond motifs is 15. The van der Waals surface area contributed by atoms with Gasteiger partial charge in [0.1, 0.15) is 34.2 Å². The molecule has 0 spiro atoms. The third-order valence-electron chi connectivity index (χ3n) is 15.7. The van der Waals surface area contributed by atoms with Crippen LogP contribution in [0.2, 0.25) is 0 Å². The molecular weight excluding hydrogens is 771 g/mol.